The van der Waals surface area contributed by atoms with Crippen LogP contribution < -0.4 is 5.32 Å². The van der Waals surface area contributed by atoms with Gasteiger partial charge in [0.05, 0.1) is 48.4 Å². The molecule has 6 aliphatic rings. The molecule has 5 heterocycles. The number of methoxy groups -OCH3 is 2. The lowest BCUT2D eigenvalue weighted by atomic mass is 9.83. The lowest BCUT2D eigenvalue weighted by molar-refractivity contribution is -0.156. The van der Waals surface area contributed by atoms with Gasteiger partial charge in [-0.3, -0.25) is 4.79 Å². The third-order valence-electron chi connectivity index (χ3n) is 9.88. The first-order chi connectivity index (χ1) is 21.9. The van der Waals surface area contributed by atoms with E-state index in [1.807, 2.05) is 39.0 Å². The minimum atomic E-state index is -2.52. The van der Waals surface area contributed by atoms with Gasteiger partial charge in [0.15, 0.2) is 5.76 Å². The van der Waals surface area contributed by atoms with Crippen LogP contribution in [0.3, 0.4) is 0 Å². The van der Waals surface area contributed by atoms with E-state index in [0.29, 0.717) is 23.4 Å². The summed E-state index contributed by atoms with van der Waals surface area (Å²) in [6.07, 6.45) is 8.77. The van der Waals surface area contributed by atoms with Crippen molar-refractivity contribution in [1.29, 1.82) is 0 Å². The number of esters is 2. The number of ether oxygens (including phenoxy) is 2. The van der Waals surface area contributed by atoms with Crippen LogP contribution in [-0.4, -0.2) is 59.1 Å². The van der Waals surface area contributed by atoms with E-state index in [0.717, 1.165) is 64.3 Å². The van der Waals surface area contributed by atoms with Gasteiger partial charge in [0, 0.05) is 46.4 Å². The third kappa shape index (κ3) is 4.38. The van der Waals surface area contributed by atoms with Crippen molar-refractivity contribution in [3.8, 4) is 0 Å². The zero-order chi connectivity index (χ0) is 33.2. The molecule has 10 nitrogen and oxygen atoms in total. The molecule has 1 saturated heterocycles. The van der Waals surface area contributed by atoms with E-state index in [1.54, 1.807) is 13.0 Å². The average Bonchev–Trinajstić information content (AvgIpc) is 3.76. The Hall–Kier alpha value is -4.83. The number of aliphatic hydroxyl groups excluding tert-OH is 1. The van der Waals surface area contributed by atoms with Crippen LogP contribution in [0.1, 0.15) is 53.9 Å². The lowest BCUT2D eigenvalue weighted by Gasteiger charge is -2.26. The summed E-state index contributed by atoms with van der Waals surface area (Å²) in [6, 6.07) is 0. The fourth-order valence-corrected chi connectivity index (χ4v) is 7.18. The fourth-order valence-electron chi connectivity index (χ4n) is 7.18. The summed E-state index contributed by atoms with van der Waals surface area (Å²) in [5, 5.41) is 27.2. The molecule has 0 radical (unpaired) electrons. The number of nitrogens with zero attached hydrogens (tertiary/aromatic N) is 3. The molecule has 0 saturated carbocycles. The number of nitrogens with one attached hydrogen (secondary N) is 1. The smallest absolute Gasteiger partial charge is 0.350 e. The Morgan fingerprint density at radius 1 is 1.02 bits per heavy atom. The Morgan fingerprint density at radius 2 is 1.72 bits per heavy atom. The molecule has 0 spiro atoms. The fraction of sp³-hybridized carbons (Fsp3) is 0.361. The largest absolute Gasteiger partial charge is 0.507 e. The highest BCUT2D eigenvalue weighted by Gasteiger charge is 2.59. The summed E-state index contributed by atoms with van der Waals surface area (Å²) < 4.78 is 10.0. The van der Waals surface area contributed by atoms with E-state index in [2.05, 4.69) is 18.8 Å². The number of fused-ring (bicyclic) bond motifs is 5. The van der Waals surface area contributed by atoms with Crippen molar-refractivity contribution in [2.75, 3.05) is 14.2 Å². The van der Waals surface area contributed by atoms with Crippen LogP contribution in [0.25, 0.3) is 0 Å². The summed E-state index contributed by atoms with van der Waals surface area (Å²) in [5.74, 6) is -2.57. The van der Waals surface area contributed by atoms with E-state index in [9.17, 15) is 19.8 Å². The SMILES string of the molecule is C=CC1=C(C)C2=NC1=CC1=NC(=CC3=C(C)C4=C(O)C(O)(C(=O)OC)C(=C5NC(=C2)C(C)C5CCC(=O)OC)C4=N3)C(CC)=C1C. The predicted octanol–water partition coefficient (Wildman–Crippen LogP) is 5.31. The van der Waals surface area contributed by atoms with E-state index < -0.39 is 17.3 Å². The summed E-state index contributed by atoms with van der Waals surface area (Å²) in [5.41, 5.74) is 7.41. The summed E-state index contributed by atoms with van der Waals surface area (Å²) in [7, 11) is 2.49. The van der Waals surface area contributed by atoms with Crippen molar-refractivity contribution in [2.45, 2.75) is 59.5 Å². The first kappa shape index (κ1) is 31.2. The molecule has 5 aliphatic heterocycles. The highest BCUT2D eigenvalue weighted by atomic mass is 16.5. The highest BCUT2D eigenvalue weighted by Crippen LogP contribution is 2.50. The van der Waals surface area contributed by atoms with Crippen molar-refractivity contribution in [2.24, 2.45) is 26.8 Å². The molecule has 8 bridgehead atoms. The molecule has 0 aromatic heterocycles. The molecular formula is C36H38N4O6. The molecule has 238 valence electrons. The Morgan fingerprint density at radius 3 is 2.37 bits per heavy atom. The van der Waals surface area contributed by atoms with Crippen molar-refractivity contribution >= 4 is 29.1 Å². The number of carbonyl (C=O) groups excluding carboxylic acids is 2. The Balaban J connectivity index is 1.69. The molecule has 3 unspecified atom stereocenters. The van der Waals surface area contributed by atoms with E-state index in [1.165, 1.54) is 7.11 Å². The first-order valence-corrected chi connectivity index (χ1v) is 15.4. The van der Waals surface area contributed by atoms with Gasteiger partial charge >= 0.3 is 11.9 Å². The number of rotatable bonds is 6. The number of aliphatic imine (C=N–C) groups is 3. The van der Waals surface area contributed by atoms with Crippen molar-refractivity contribution in [1.82, 2.24) is 5.32 Å². The first-order valence-electron chi connectivity index (χ1n) is 15.4. The predicted molar refractivity (Wildman–Crippen MR) is 176 cm³/mol. The standard InChI is InChI=1S/C36H38N4O6/c1-9-20-16(3)23-13-25-18(5)22(11-12-29(41)45-7)32(39-25)31-33-30(34(42)36(31,44)35(43)46-8)19(6)26(40-33)15-28-21(10-2)17(4)24(38-28)14-27(20)37-23/h9,13-15,18,22,39,42,44H,1,10-12H2,2-8H3. The van der Waals surface area contributed by atoms with Gasteiger partial charge in [0.1, 0.15) is 0 Å². The number of carbonyl (C=O) groups is 2. The zero-order valence-corrected chi connectivity index (χ0v) is 27.2. The molecule has 1 aliphatic carbocycles. The van der Waals surface area contributed by atoms with Crippen molar-refractivity contribution in [3.05, 3.63) is 104 Å². The molecular weight excluding hydrogens is 584 g/mol. The van der Waals surface area contributed by atoms with Crippen LogP contribution in [0.15, 0.2) is 119 Å². The topological polar surface area (TPSA) is 142 Å². The summed E-state index contributed by atoms with van der Waals surface area (Å²) >= 11 is 0. The summed E-state index contributed by atoms with van der Waals surface area (Å²) in [4.78, 5) is 40.6. The van der Waals surface area contributed by atoms with Gasteiger partial charge in [-0.15, -0.1) is 0 Å². The molecule has 1 fully saturated rings. The minimum absolute atomic E-state index is 0.0975. The second kappa shape index (κ2) is 11.2. The molecule has 0 amide bonds. The van der Waals surface area contributed by atoms with Gasteiger partial charge in [-0.25, -0.2) is 19.8 Å². The Labute approximate surface area is 268 Å². The molecule has 46 heavy (non-hydrogen) atoms. The number of hydrogen-bond acceptors (Lipinski definition) is 10. The molecule has 3 atom stereocenters. The van der Waals surface area contributed by atoms with Gasteiger partial charge in [0.25, 0.3) is 0 Å². The van der Waals surface area contributed by atoms with Crippen LogP contribution in [0, 0.1) is 11.8 Å². The van der Waals surface area contributed by atoms with Crippen LogP contribution in [0.4, 0.5) is 0 Å². The van der Waals surface area contributed by atoms with E-state index >= 15 is 0 Å². The highest BCUT2D eigenvalue weighted by molar-refractivity contribution is 6.26. The number of aliphatic hydroxyl groups is 2. The van der Waals surface area contributed by atoms with Gasteiger partial charge in [-0.1, -0.05) is 26.5 Å². The maximum Gasteiger partial charge on any atom is 0.350 e. The Bertz CT molecular complexity index is 1890. The second-order valence-electron chi connectivity index (χ2n) is 12.2. The van der Waals surface area contributed by atoms with E-state index in [-0.39, 0.29) is 41.1 Å². The maximum absolute atomic E-state index is 13.4. The minimum Gasteiger partial charge on any atom is -0.507 e. The average molecular weight is 623 g/mol. The molecule has 10 heteroatoms. The lowest BCUT2D eigenvalue weighted by Crippen LogP contribution is -2.44. The molecule has 0 aromatic rings. The number of allylic oxidation sites excluding steroid dienone is 11. The summed E-state index contributed by atoms with van der Waals surface area (Å²) in [6.45, 7) is 13.9. The molecule has 3 N–H and O–H groups in total. The normalized spacial score (nSPS) is 26.6. The van der Waals surface area contributed by atoms with Crippen molar-refractivity contribution in [3.63, 3.8) is 0 Å². The van der Waals surface area contributed by atoms with Gasteiger partial charge in [0.2, 0.25) is 5.60 Å². The number of hydrogen-bond donors (Lipinski definition) is 3. The second-order valence-corrected chi connectivity index (χ2v) is 12.2. The van der Waals surface area contributed by atoms with Crippen LogP contribution in [-0.2, 0) is 19.1 Å². The van der Waals surface area contributed by atoms with Crippen LogP contribution in [0.2, 0.25) is 0 Å². The maximum atomic E-state index is 13.4. The molecule has 0 aromatic carbocycles. The monoisotopic (exact) mass is 622 g/mol. The quantitative estimate of drug-likeness (QED) is 0.341. The van der Waals surface area contributed by atoms with Crippen molar-refractivity contribution < 1.29 is 29.3 Å². The van der Waals surface area contributed by atoms with Gasteiger partial charge in [-0.05, 0) is 74.1 Å². The Kier molecular flexibility index (Phi) is 7.59. The van der Waals surface area contributed by atoms with Crippen LogP contribution >= 0.6 is 0 Å². The third-order valence-corrected chi connectivity index (χ3v) is 9.88. The molecule has 6 rings (SSSR count). The van der Waals surface area contributed by atoms with Gasteiger partial charge < -0.3 is 25.0 Å². The van der Waals surface area contributed by atoms with Crippen LogP contribution in [0.5, 0.6) is 0 Å². The van der Waals surface area contributed by atoms with E-state index in [4.69, 9.17) is 24.5 Å². The zero-order valence-electron chi connectivity index (χ0n) is 27.2. The van der Waals surface area contributed by atoms with Gasteiger partial charge in [-0.2, -0.15) is 0 Å².